The van der Waals surface area contributed by atoms with E-state index < -0.39 is 12.0 Å². The molecule has 2 rings (SSSR count). The van der Waals surface area contributed by atoms with Gasteiger partial charge in [-0.05, 0) is 19.4 Å². The van der Waals surface area contributed by atoms with Crippen LogP contribution in [0.4, 0.5) is 0 Å². The Morgan fingerprint density at radius 3 is 3.13 bits per heavy atom. The predicted octanol–water partition coefficient (Wildman–Crippen LogP) is 0.903. The van der Waals surface area contributed by atoms with Crippen LogP contribution in [-0.2, 0) is 4.79 Å². The van der Waals surface area contributed by atoms with E-state index >= 15 is 0 Å². The Hall–Kier alpha value is -1.36. The fourth-order valence-corrected chi connectivity index (χ4v) is 1.94. The van der Waals surface area contributed by atoms with Crippen LogP contribution in [0.5, 0.6) is 0 Å². The van der Waals surface area contributed by atoms with Crippen LogP contribution in [0.3, 0.4) is 0 Å². The third kappa shape index (κ3) is 2.18. The van der Waals surface area contributed by atoms with E-state index in [1.54, 1.807) is 13.2 Å². The van der Waals surface area contributed by atoms with E-state index in [1.807, 2.05) is 0 Å². The van der Waals surface area contributed by atoms with Crippen molar-refractivity contribution in [1.29, 1.82) is 0 Å². The number of carboxylic acids is 1. The lowest BCUT2D eigenvalue weighted by Crippen LogP contribution is -2.42. The van der Waals surface area contributed by atoms with Gasteiger partial charge in [0.1, 0.15) is 12.3 Å². The smallest absolute Gasteiger partial charge is 0.320 e. The van der Waals surface area contributed by atoms with Gasteiger partial charge in [0.2, 0.25) is 0 Å². The maximum absolute atomic E-state index is 10.8. The van der Waals surface area contributed by atoms with Gasteiger partial charge in [-0.1, -0.05) is 0 Å². The van der Waals surface area contributed by atoms with E-state index in [1.165, 1.54) is 0 Å². The van der Waals surface area contributed by atoms with Gasteiger partial charge in [0.15, 0.2) is 5.89 Å². The third-order valence-corrected chi connectivity index (χ3v) is 2.76. The van der Waals surface area contributed by atoms with Crippen LogP contribution in [0.15, 0.2) is 10.7 Å². The number of piperidine rings is 1. The zero-order valence-corrected chi connectivity index (χ0v) is 8.56. The minimum atomic E-state index is -0.792. The summed E-state index contributed by atoms with van der Waals surface area (Å²) in [6, 6.07) is -0.458. The number of oxazole rings is 1. The zero-order chi connectivity index (χ0) is 10.8. The summed E-state index contributed by atoms with van der Waals surface area (Å²) in [5.41, 5.74) is 0.875. The first-order chi connectivity index (χ1) is 7.16. The molecular weight excluding hydrogens is 196 g/mol. The van der Waals surface area contributed by atoms with Crippen molar-refractivity contribution >= 4 is 5.97 Å². The SMILES string of the molecule is Cc1nc(C2CCNC(C(=O)O)C2)co1. The molecule has 1 saturated heterocycles. The molecule has 1 aromatic rings. The fourth-order valence-electron chi connectivity index (χ4n) is 1.94. The molecule has 2 unspecified atom stereocenters. The standard InChI is InChI=1S/C10H14N2O3/c1-6-12-9(5-15-6)7-2-3-11-8(4-7)10(13)14/h5,7-8,11H,2-4H2,1H3,(H,13,14). The Morgan fingerprint density at radius 2 is 2.53 bits per heavy atom. The maximum Gasteiger partial charge on any atom is 0.320 e. The molecule has 0 aromatic carbocycles. The summed E-state index contributed by atoms with van der Waals surface area (Å²) in [6.45, 7) is 2.51. The Bertz CT molecular complexity index is 361. The molecular formula is C10H14N2O3. The van der Waals surface area contributed by atoms with Crippen LogP contribution in [0.2, 0.25) is 0 Å². The topological polar surface area (TPSA) is 75.4 Å². The molecule has 5 heteroatoms. The fraction of sp³-hybridized carbons (Fsp3) is 0.600. The number of aromatic nitrogens is 1. The molecule has 0 radical (unpaired) electrons. The average Bonchev–Trinajstić information content (AvgIpc) is 2.65. The van der Waals surface area contributed by atoms with E-state index in [2.05, 4.69) is 10.3 Å². The molecule has 1 aliphatic rings. The van der Waals surface area contributed by atoms with Crippen molar-refractivity contribution in [2.75, 3.05) is 6.54 Å². The van der Waals surface area contributed by atoms with Crippen LogP contribution in [0, 0.1) is 6.92 Å². The second-order valence-corrected chi connectivity index (χ2v) is 3.86. The molecule has 1 aliphatic heterocycles. The van der Waals surface area contributed by atoms with Gasteiger partial charge < -0.3 is 14.8 Å². The van der Waals surface area contributed by atoms with E-state index in [0.717, 1.165) is 12.1 Å². The molecule has 15 heavy (non-hydrogen) atoms. The van der Waals surface area contributed by atoms with Crippen molar-refractivity contribution in [3.8, 4) is 0 Å². The number of rotatable bonds is 2. The molecule has 1 fully saturated rings. The van der Waals surface area contributed by atoms with Crippen LogP contribution >= 0.6 is 0 Å². The van der Waals surface area contributed by atoms with Crippen LogP contribution < -0.4 is 5.32 Å². The summed E-state index contributed by atoms with van der Waals surface area (Å²) in [7, 11) is 0. The number of hydrogen-bond donors (Lipinski definition) is 2. The van der Waals surface area contributed by atoms with E-state index in [0.29, 0.717) is 18.9 Å². The average molecular weight is 210 g/mol. The summed E-state index contributed by atoms with van der Waals surface area (Å²) in [5, 5.41) is 11.9. The molecule has 5 nitrogen and oxygen atoms in total. The summed E-state index contributed by atoms with van der Waals surface area (Å²) in [4.78, 5) is 15.1. The van der Waals surface area contributed by atoms with Crippen LogP contribution in [0.25, 0.3) is 0 Å². The highest BCUT2D eigenvalue weighted by molar-refractivity contribution is 5.73. The normalized spacial score (nSPS) is 26.5. The molecule has 0 bridgehead atoms. The second kappa shape index (κ2) is 4.02. The molecule has 0 aliphatic carbocycles. The molecule has 0 spiro atoms. The van der Waals surface area contributed by atoms with Crippen molar-refractivity contribution in [3.63, 3.8) is 0 Å². The maximum atomic E-state index is 10.8. The third-order valence-electron chi connectivity index (χ3n) is 2.76. The van der Waals surface area contributed by atoms with Crippen molar-refractivity contribution in [2.24, 2.45) is 0 Å². The Balaban J connectivity index is 2.07. The largest absolute Gasteiger partial charge is 0.480 e. The number of aliphatic carboxylic acids is 1. The lowest BCUT2D eigenvalue weighted by Gasteiger charge is -2.26. The summed E-state index contributed by atoms with van der Waals surface area (Å²) >= 11 is 0. The lowest BCUT2D eigenvalue weighted by molar-refractivity contribution is -0.140. The molecule has 1 aromatic heterocycles. The number of aryl methyl sites for hydroxylation is 1. The van der Waals surface area contributed by atoms with Crippen molar-refractivity contribution in [1.82, 2.24) is 10.3 Å². The number of nitrogens with one attached hydrogen (secondary N) is 1. The van der Waals surface area contributed by atoms with Gasteiger partial charge in [-0.15, -0.1) is 0 Å². The number of hydrogen-bond acceptors (Lipinski definition) is 4. The second-order valence-electron chi connectivity index (χ2n) is 3.86. The van der Waals surface area contributed by atoms with Gasteiger partial charge in [0, 0.05) is 12.8 Å². The van der Waals surface area contributed by atoms with E-state index in [9.17, 15) is 4.79 Å². The highest BCUT2D eigenvalue weighted by Crippen LogP contribution is 2.26. The van der Waals surface area contributed by atoms with Gasteiger partial charge in [0.05, 0.1) is 5.69 Å². The molecule has 2 atom stereocenters. The summed E-state index contributed by atoms with van der Waals surface area (Å²) in [5.74, 6) is 0.0418. The zero-order valence-electron chi connectivity index (χ0n) is 8.56. The molecule has 2 N–H and O–H groups in total. The first-order valence-corrected chi connectivity index (χ1v) is 5.05. The lowest BCUT2D eigenvalue weighted by atomic mass is 9.90. The van der Waals surface area contributed by atoms with Gasteiger partial charge >= 0.3 is 5.97 Å². The van der Waals surface area contributed by atoms with Gasteiger partial charge in [-0.2, -0.15) is 0 Å². The first-order valence-electron chi connectivity index (χ1n) is 5.05. The molecule has 82 valence electrons. The van der Waals surface area contributed by atoms with Crippen LogP contribution in [-0.4, -0.2) is 28.6 Å². The van der Waals surface area contributed by atoms with Gasteiger partial charge in [0.25, 0.3) is 0 Å². The minimum absolute atomic E-state index is 0.199. The Labute approximate surface area is 87.5 Å². The first kappa shape index (κ1) is 10.2. The van der Waals surface area contributed by atoms with Crippen molar-refractivity contribution in [2.45, 2.75) is 31.7 Å². The highest BCUT2D eigenvalue weighted by atomic mass is 16.4. The van der Waals surface area contributed by atoms with Gasteiger partial charge in [-0.3, -0.25) is 4.79 Å². The number of carbonyl (C=O) groups is 1. The molecule has 0 amide bonds. The highest BCUT2D eigenvalue weighted by Gasteiger charge is 2.28. The Morgan fingerprint density at radius 1 is 1.73 bits per heavy atom. The molecule has 2 heterocycles. The minimum Gasteiger partial charge on any atom is -0.480 e. The number of carboxylic acid groups (broad SMARTS) is 1. The summed E-state index contributed by atoms with van der Waals surface area (Å²) in [6.07, 6.45) is 3.13. The van der Waals surface area contributed by atoms with Crippen LogP contribution in [0.1, 0.15) is 30.3 Å². The Kier molecular flexibility index (Phi) is 2.73. The van der Waals surface area contributed by atoms with Gasteiger partial charge in [-0.25, -0.2) is 4.98 Å². The predicted molar refractivity (Wildman–Crippen MR) is 52.6 cm³/mol. The quantitative estimate of drug-likeness (QED) is 0.758. The van der Waals surface area contributed by atoms with Crippen molar-refractivity contribution in [3.05, 3.63) is 17.8 Å². The van der Waals surface area contributed by atoms with Crippen molar-refractivity contribution < 1.29 is 14.3 Å². The van der Waals surface area contributed by atoms with E-state index in [-0.39, 0.29) is 5.92 Å². The number of nitrogens with zero attached hydrogens (tertiary/aromatic N) is 1. The van der Waals surface area contributed by atoms with E-state index in [4.69, 9.17) is 9.52 Å². The summed E-state index contributed by atoms with van der Waals surface area (Å²) < 4.78 is 5.13. The monoisotopic (exact) mass is 210 g/mol. The molecule has 0 saturated carbocycles.